The molecule has 0 amide bonds. The Morgan fingerprint density at radius 2 is 1.32 bits per heavy atom. The number of hydrogen-bond acceptors (Lipinski definition) is 5. The highest BCUT2D eigenvalue weighted by Crippen LogP contribution is 2.22. The maximum absolute atomic E-state index is 12.7. The second-order valence-electron chi connectivity index (χ2n) is 7.07. The van der Waals surface area contributed by atoms with Gasteiger partial charge in [-0.1, -0.05) is 74.0 Å². The second kappa shape index (κ2) is 10.9. The van der Waals surface area contributed by atoms with E-state index in [-0.39, 0.29) is 5.56 Å². The van der Waals surface area contributed by atoms with Gasteiger partial charge in [-0.05, 0) is 42.7 Å². The smallest absolute Gasteiger partial charge is 0.360 e. The monoisotopic (exact) mass is 416 g/mol. The summed E-state index contributed by atoms with van der Waals surface area (Å²) in [7, 11) is 0. The normalized spacial score (nSPS) is 11.4. The van der Waals surface area contributed by atoms with Crippen molar-refractivity contribution in [3.63, 3.8) is 0 Å². The molecule has 0 saturated carbocycles. The molecular weight excluding hydrogens is 392 g/mol. The van der Waals surface area contributed by atoms with Crippen LogP contribution in [0.5, 0.6) is 0 Å². The molecule has 0 heterocycles. The standard InChI is InChI=1S/C26H24O5/c1-2-3-10-19-15-17-22(18-16-19)24(27)30-23(20-11-6-4-7-12-20)26(29)31-25(28)21-13-8-5-9-14-21/h4-9,11-18,23H,2-3,10H2,1H3. The van der Waals surface area contributed by atoms with Crippen molar-refractivity contribution in [2.45, 2.75) is 32.3 Å². The molecule has 5 nitrogen and oxygen atoms in total. The molecule has 0 saturated heterocycles. The minimum atomic E-state index is -1.36. The molecule has 0 bridgehead atoms. The second-order valence-corrected chi connectivity index (χ2v) is 7.07. The van der Waals surface area contributed by atoms with Gasteiger partial charge in [0.1, 0.15) is 0 Å². The summed E-state index contributed by atoms with van der Waals surface area (Å²) in [6.07, 6.45) is 1.74. The van der Waals surface area contributed by atoms with Crippen LogP contribution in [-0.4, -0.2) is 17.9 Å². The summed E-state index contributed by atoms with van der Waals surface area (Å²) in [6.45, 7) is 2.12. The number of carbonyl (C=O) groups is 3. The van der Waals surface area contributed by atoms with Gasteiger partial charge < -0.3 is 9.47 Å². The van der Waals surface area contributed by atoms with Crippen LogP contribution in [-0.2, 0) is 20.7 Å². The van der Waals surface area contributed by atoms with E-state index in [4.69, 9.17) is 9.47 Å². The van der Waals surface area contributed by atoms with E-state index < -0.39 is 24.0 Å². The molecular formula is C26H24O5. The topological polar surface area (TPSA) is 69.7 Å². The Bertz CT molecular complexity index is 1010. The van der Waals surface area contributed by atoms with Crippen LogP contribution in [0.3, 0.4) is 0 Å². The molecule has 0 radical (unpaired) electrons. The number of rotatable bonds is 8. The SMILES string of the molecule is CCCCc1ccc(C(=O)OC(C(=O)OC(=O)c2ccccc2)c2ccccc2)cc1. The van der Waals surface area contributed by atoms with Crippen LogP contribution in [0.25, 0.3) is 0 Å². The average molecular weight is 416 g/mol. The van der Waals surface area contributed by atoms with E-state index in [2.05, 4.69) is 6.92 Å². The van der Waals surface area contributed by atoms with E-state index in [1.54, 1.807) is 72.8 Å². The molecule has 0 fully saturated rings. The quantitative estimate of drug-likeness (QED) is 0.368. The van der Waals surface area contributed by atoms with Crippen LogP contribution in [0.4, 0.5) is 0 Å². The van der Waals surface area contributed by atoms with Gasteiger partial charge in [-0.3, -0.25) is 0 Å². The molecule has 3 aromatic carbocycles. The number of carbonyl (C=O) groups excluding carboxylic acids is 3. The highest BCUT2D eigenvalue weighted by Gasteiger charge is 2.29. The van der Waals surface area contributed by atoms with Crippen LogP contribution in [0.1, 0.15) is 57.7 Å². The van der Waals surface area contributed by atoms with Gasteiger partial charge in [0.05, 0.1) is 11.1 Å². The Morgan fingerprint density at radius 3 is 1.94 bits per heavy atom. The summed E-state index contributed by atoms with van der Waals surface area (Å²) in [5, 5.41) is 0. The summed E-state index contributed by atoms with van der Waals surface area (Å²) in [4.78, 5) is 37.7. The van der Waals surface area contributed by atoms with Crippen molar-refractivity contribution in [3.05, 3.63) is 107 Å². The first-order valence-electron chi connectivity index (χ1n) is 10.2. The van der Waals surface area contributed by atoms with Crippen LogP contribution in [0.15, 0.2) is 84.9 Å². The molecule has 5 heteroatoms. The molecule has 31 heavy (non-hydrogen) atoms. The van der Waals surface area contributed by atoms with Crippen molar-refractivity contribution in [1.29, 1.82) is 0 Å². The number of ether oxygens (including phenoxy) is 2. The van der Waals surface area contributed by atoms with Gasteiger partial charge in [-0.2, -0.15) is 0 Å². The summed E-state index contributed by atoms with van der Waals surface area (Å²) in [6, 6.07) is 23.8. The summed E-state index contributed by atoms with van der Waals surface area (Å²) >= 11 is 0. The predicted molar refractivity (Wildman–Crippen MR) is 117 cm³/mol. The molecule has 158 valence electrons. The lowest BCUT2D eigenvalue weighted by Gasteiger charge is -2.17. The van der Waals surface area contributed by atoms with E-state index in [0.717, 1.165) is 24.8 Å². The van der Waals surface area contributed by atoms with Crippen LogP contribution in [0.2, 0.25) is 0 Å². The number of benzene rings is 3. The van der Waals surface area contributed by atoms with Gasteiger partial charge in [-0.15, -0.1) is 0 Å². The lowest BCUT2D eigenvalue weighted by molar-refractivity contribution is -0.148. The highest BCUT2D eigenvalue weighted by molar-refractivity contribution is 5.99. The first kappa shape index (κ1) is 22.0. The van der Waals surface area contributed by atoms with Gasteiger partial charge >= 0.3 is 17.9 Å². The summed E-state index contributed by atoms with van der Waals surface area (Å²) < 4.78 is 10.5. The molecule has 0 aliphatic heterocycles. The number of aryl methyl sites for hydroxylation is 1. The number of hydrogen-bond donors (Lipinski definition) is 0. The molecule has 3 rings (SSSR count). The first-order chi connectivity index (χ1) is 15.1. The molecule has 1 unspecified atom stereocenters. The minimum absolute atomic E-state index is 0.233. The fourth-order valence-electron chi connectivity index (χ4n) is 3.02. The molecule has 1 atom stereocenters. The van der Waals surface area contributed by atoms with Gasteiger partial charge in [0.25, 0.3) is 0 Å². The van der Waals surface area contributed by atoms with Crippen LogP contribution in [0, 0.1) is 0 Å². The minimum Gasteiger partial charge on any atom is -0.442 e. The van der Waals surface area contributed by atoms with Crippen molar-refractivity contribution in [3.8, 4) is 0 Å². The number of unbranched alkanes of at least 4 members (excludes halogenated alkanes) is 1. The first-order valence-corrected chi connectivity index (χ1v) is 10.2. The Kier molecular flexibility index (Phi) is 7.71. The summed E-state index contributed by atoms with van der Waals surface area (Å²) in [5.74, 6) is -2.42. The lowest BCUT2D eigenvalue weighted by Crippen LogP contribution is -2.24. The van der Waals surface area contributed by atoms with Gasteiger partial charge in [-0.25, -0.2) is 14.4 Å². The van der Waals surface area contributed by atoms with Crippen molar-refractivity contribution in [2.24, 2.45) is 0 Å². The van der Waals surface area contributed by atoms with Crippen molar-refractivity contribution in [1.82, 2.24) is 0 Å². The zero-order valence-corrected chi connectivity index (χ0v) is 17.3. The Hall–Kier alpha value is -3.73. The third-order valence-corrected chi connectivity index (χ3v) is 4.75. The van der Waals surface area contributed by atoms with E-state index in [1.807, 2.05) is 12.1 Å². The average Bonchev–Trinajstić information content (AvgIpc) is 2.82. The van der Waals surface area contributed by atoms with E-state index in [9.17, 15) is 14.4 Å². The Morgan fingerprint density at radius 1 is 0.742 bits per heavy atom. The molecule has 0 aromatic heterocycles. The van der Waals surface area contributed by atoms with Gasteiger partial charge in [0.15, 0.2) is 0 Å². The molecule has 0 aliphatic carbocycles. The van der Waals surface area contributed by atoms with Gasteiger partial charge in [0, 0.05) is 5.56 Å². The van der Waals surface area contributed by atoms with Crippen LogP contribution >= 0.6 is 0 Å². The summed E-state index contributed by atoms with van der Waals surface area (Å²) in [5.41, 5.74) is 2.10. The molecule has 3 aromatic rings. The largest absolute Gasteiger partial charge is 0.442 e. The Balaban J connectivity index is 1.75. The zero-order valence-electron chi connectivity index (χ0n) is 17.3. The molecule has 0 spiro atoms. The van der Waals surface area contributed by atoms with Gasteiger partial charge in [0.2, 0.25) is 6.10 Å². The van der Waals surface area contributed by atoms with Crippen molar-refractivity contribution >= 4 is 17.9 Å². The Labute approximate surface area is 181 Å². The van der Waals surface area contributed by atoms with Crippen LogP contribution < -0.4 is 0 Å². The van der Waals surface area contributed by atoms with E-state index in [0.29, 0.717) is 11.1 Å². The van der Waals surface area contributed by atoms with Crippen molar-refractivity contribution < 1.29 is 23.9 Å². The third-order valence-electron chi connectivity index (χ3n) is 4.75. The maximum atomic E-state index is 12.7. The van der Waals surface area contributed by atoms with Crippen molar-refractivity contribution in [2.75, 3.05) is 0 Å². The van der Waals surface area contributed by atoms with E-state index in [1.165, 1.54) is 0 Å². The maximum Gasteiger partial charge on any atom is 0.360 e. The number of esters is 3. The molecule has 0 N–H and O–H groups in total. The lowest BCUT2D eigenvalue weighted by atomic mass is 10.1. The fraction of sp³-hybridized carbons (Fsp3) is 0.192. The molecule has 0 aliphatic rings. The third kappa shape index (κ3) is 6.12. The van der Waals surface area contributed by atoms with E-state index >= 15 is 0 Å². The highest BCUT2D eigenvalue weighted by atomic mass is 16.6. The zero-order chi connectivity index (χ0) is 22.1. The fourth-order valence-corrected chi connectivity index (χ4v) is 3.02. The predicted octanol–water partition coefficient (Wildman–Crippen LogP) is 5.31.